The number of benzene rings is 3. The number of nitro benzene ring substituents is 1. The van der Waals surface area contributed by atoms with Gasteiger partial charge in [-0.3, -0.25) is 19.7 Å². The van der Waals surface area contributed by atoms with Crippen molar-refractivity contribution in [1.82, 2.24) is 9.80 Å². The lowest BCUT2D eigenvalue weighted by molar-refractivity contribution is -0.385. The molecule has 2 atom stereocenters. The quantitative estimate of drug-likeness (QED) is 0.154. The molecule has 0 aromatic heterocycles. The van der Waals surface area contributed by atoms with E-state index in [1.54, 1.807) is 26.0 Å². The minimum absolute atomic E-state index is 0.0834. The predicted octanol–water partition coefficient (Wildman–Crippen LogP) is 5.48. The lowest BCUT2D eigenvalue weighted by Crippen LogP contribution is -2.39. The Morgan fingerprint density at radius 1 is 1.02 bits per heavy atom. The van der Waals surface area contributed by atoms with Gasteiger partial charge >= 0.3 is 5.97 Å². The molecule has 1 saturated heterocycles. The van der Waals surface area contributed by atoms with Gasteiger partial charge in [0, 0.05) is 46.9 Å². The van der Waals surface area contributed by atoms with Crippen LogP contribution < -0.4 is 23.7 Å². The molecule has 0 unspecified atom stereocenters. The Morgan fingerprint density at radius 2 is 1.64 bits per heavy atom. The van der Waals surface area contributed by atoms with E-state index in [0.717, 1.165) is 17.2 Å². The summed E-state index contributed by atoms with van der Waals surface area (Å²) < 4.78 is 29.2. The number of non-ortho nitro benzene ring substituents is 1. The molecule has 3 aromatic carbocycles. The molecule has 2 aliphatic rings. The smallest absolute Gasteiger partial charge is 0.328 e. The average Bonchev–Trinajstić information content (AvgIpc) is 3.30. The van der Waals surface area contributed by atoms with E-state index in [1.807, 2.05) is 26.0 Å². The van der Waals surface area contributed by atoms with Crippen molar-refractivity contribution in [2.75, 3.05) is 35.0 Å². The van der Waals surface area contributed by atoms with E-state index >= 15 is 0 Å². The third kappa shape index (κ3) is 5.90. The van der Waals surface area contributed by atoms with Crippen LogP contribution >= 0.6 is 0 Å². The molecule has 2 aliphatic heterocycles. The number of carbonyl (C=O) groups is 3. The van der Waals surface area contributed by atoms with E-state index in [2.05, 4.69) is 0 Å². The molecule has 2 heterocycles. The number of hydrogen-bond donors (Lipinski definition) is 1. The average molecular weight is 690 g/mol. The van der Waals surface area contributed by atoms with Gasteiger partial charge in [0.25, 0.3) is 5.69 Å². The van der Waals surface area contributed by atoms with Crippen molar-refractivity contribution in [3.05, 3.63) is 80.4 Å². The highest BCUT2D eigenvalue weighted by atomic mass is 16.6. The number of methoxy groups -OCH3 is 3. The maximum Gasteiger partial charge on any atom is 0.328 e. The lowest BCUT2D eigenvalue weighted by atomic mass is 9.74. The maximum atomic E-state index is 14.6. The third-order valence-corrected chi connectivity index (χ3v) is 9.19. The van der Waals surface area contributed by atoms with Crippen molar-refractivity contribution >= 4 is 29.5 Å². The van der Waals surface area contributed by atoms with Crippen molar-refractivity contribution in [3.8, 4) is 34.5 Å². The minimum atomic E-state index is -1.16. The van der Waals surface area contributed by atoms with Crippen molar-refractivity contribution < 1.29 is 48.1 Å². The Balaban J connectivity index is 1.66. The van der Waals surface area contributed by atoms with Crippen LogP contribution in [0.2, 0.25) is 0 Å². The Labute approximate surface area is 288 Å². The summed E-state index contributed by atoms with van der Waals surface area (Å²) >= 11 is 0. The van der Waals surface area contributed by atoms with Gasteiger partial charge in [0.05, 0.1) is 50.9 Å². The van der Waals surface area contributed by atoms with Gasteiger partial charge in [-0.15, -0.1) is 0 Å². The van der Waals surface area contributed by atoms with Crippen LogP contribution in [0.4, 0.5) is 5.69 Å². The number of nitro groups is 1. The van der Waals surface area contributed by atoms with E-state index < -0.39 is 34.4 Å². The first-order valence-electron chi connectivity index (χ1n) is 15.8. The molecule has 14 heteroatoms. The normalized spacial score (nSPS) is 17.6. The number of carboxylic acids is 1. The molecule has 14 nitrogen and oxygen atoms in total. The fourth-order valence-corrected chi connectivity index (χ4v) is 6.74. The molecule has 50 heavy (non-hydrogen) atoms. The van der Waals surface area contributed by atoms with E-state index in [9.17, 15) is 29.6 Å². The first-order chi connectivity index (χ1) is 23.7. The van der Waals surface area contributed by atoms with Crippen LogP contribution in [0.3, 0.4) is 0 Å². The second kappa shape index (κ2) is 13.6. The highest BCUT2D eigenvalue weighted by Gasteiger charge is 2.48. The van der Waals surface area contributed by atoms with Gasteiger partial charge in [-0.25, -0.2) is 4.79 Å². The predicted molar refractivity (Wildman–Crippen MR) is 181 cm³/mol. The largest absolute Gasteiger partial charge is 0.496 e. The molecule has 1 fully saturated rings. The first kappa shape index (κ1) is 35.5. The third-order valence-electron chi connectivity index (χ3n) is 9.19. The summed E-state index contributed by atoms with van der Waals surface area (Å²) in [6.45, 7) is 7.49. The number of hydrogen-bond acceptors (Lipinski definition) is 10. The Kier molecular flexibility index (Phi) is 9.67. The molecule has 0 bridgehead atoms. The molecular formula is C36H39N3O11. The monoisotopic (exact) mass is 689 g/mol. The van der Waals surface area contributed by atoms with E-state index in [0.29, 0.717) is 34.1 Å². The Morgan fingerprint density at radius 3 is 2.22 bits per heavy atom. The zero-order valence-corrected chi connectivity index (χ0v) is 29.1. The molecule has 5 rings (SSSR count). The fourth-order valence-electron chi connectivity index (χ4n) is 6.74. The number of aliphatic carboxylic acids is 1. The van der Waals surface area contributed by atoms with Crippen molar-refractivity contribution in [2.45, 2.75) is 51.7 Å². The Bertz CT molecular complexity index is 1920. The molecule has 0 spiro atoms. The lowest BCUT2D eigenvalue weighted by Gasteiger charge is -2.37. The molecular weight excluding hydrogens is 650 g/mol. The van der Waals surface area contributed by atoms with Crippen LogP contribution in [0.25, 0.3) is 6.08 Å². The summed E-state index contributed by atoms with van der Waals surface area (Å²) in [6, 6.07) is 8.76. The second-order valence-electron chi connectivity index (χ2n) is 12.3. The van der Waals surface area contributed by atoms with Crippen LogP contribution in [-0.2, 0) is 26.2 Å². The number of fused-ring (bicyclic) bond motifs is 2. The fraction of sp³-hybridized carbons (Fsp3) is 0.361. The van der Waals surface area contributed by atoms with E-state index in [4.69, 9.17) is 23.7 Å². The zero-order valence-electron chi connectivity index (χ0n) is 29.1. The van der Waals surface area contributed by atoms with Gasteiger partial charge < -0.3 is 38.6 Å². The van der Waals surface area contributed by atoms with Crippen molar-refractivity contribution in [3.63, 3.8) is 0 Å². The van der Waals surface area contributed by atoms with Gasteiger partial charge in [-0.2, -0.15) is 0 Å². The molecule has 0 radical (unpaired) electrons. The van der Waals surface area contributed by atoms with E-state index in [-0.39, 0.29) is 41.7 Å². The molecule has 264 valence electrons. The SMILES string of the molecule is CCOc1c(OC)cc([N+](=O)[O-])cc1[C@@H]1N(C)C(=O)[C@H](C)N1C(=O)Cc1c(OC)ccc2c1Oc1c(ccc(OC)c1/C=C/C(=O)O)C2(C)C. The van der Waals surface area contributed by atoms with Gasteiger partial charge in [0.15, 0.2) is 11.5 Å². The summed E-state index contributed by atoms with van der Waals surface area (Å²) in [5, 5.41) is 21.3. The van der Waals surface area contributed by atoms with Gasteiger partial charge in [0.1, 0.15) is 35.2 Å². The van der Waals surface area contributed by atoms with Crippen LogP contribution in [-0.4, -0.2) is 78.6 Å². The number of nitrogens with zero attached hydrogens (tertiary/aromatic N) is 3. The molecule has 0 aliphatic carbocycles. The first-order valence-corrected chi connectivity index (χ1v) is 15.8. The molecule has 0 saturated carbocycles. The number of likely N-dealkylation sites (N-methyl/N-ethyl adjacent to an activating group) is 1. The van der Waals surface area contributed by atoms with Crippen molar-refractivity contribution in [1.29, 1.82) is 0 Å². The highest BCUT2D eigenvalue weighted by Crippen LogP contribution is 2.54. The number of carboxylic acid groups (broad SMARTS) is 1. The number of rotatable bonds is 11. The van der Waals surface area contributed by atoms with Crippen molar-refractivity contribution in [2.24, 2.45) is 0 Å². The van der Waals surface area contributed by atoms with Gasteiger partial charge in [-0.05, 0) is 32.1 Å². The molecule has 3 aromatic rings. The summed E-state index contributed by atoms with van der Waals surface area (Å²) in [5.74, 6) is -0.362. The van der Waals surface area contributed by atoms with Crippen LogP contribution in [0, 0.1) is 10.1 Å². The summed E-state index contributed by atoms with van der Waals surface area (Å²) in [6.07, 6.45) is 1.01. The number of ether oxygens (including phenoxy) is 5. The van der Waals surface area contributed by atoms with E-state index in [1.165, 1.54) is 56.4 Å². The maximum absolute atomic E-state index is 14.6. The summed E-state index contributed by atoms with van der Waals surface area (Å²) in [7, 11) is 5.80. The number of carbonyl (C=O) groups excluding carboxylic acids is 2. The van der Waals surface area contributed by atoms with Gasteiger partial charge in [0.2, 0.25) is 11.8 Å². The second-order valence-corrected chi connectivity index (χ2v) is 12.3. The zero-order chi connectivity index (χ0) is 36.7. The molecule has 1 N–H and O–H groups in total. The molecule has 2 amide bonds. The topological polar surface area (TPSA) is 167 Å². The Hall–Kier alpha value is -5.79. The van der Waals surface area contributed by atoms with Gasteiger partial charge in [-0.1, -0.05) is 26.0 Å². The summed E-state index contributed by atoms with van der Waals surface area (Å²) in [4.78, 5) is 53.7. The van der Waals surface area contributed by atoms with Crippen LogP contribution in [0.15, 0.2) is 42.5 Å². The van der Waals surface area contributed by atoms with Crippen LogP contribution in [0.5, 0.6) is 34.5 Å². The highest BCUT2D eigenvalue weighted by molar-refractivity contribution is 5.93. The number of amides is 2. The minimum Gasteiger partial charge on any atom is -0.496 e. The van der Waals surface area contributed by atoms with Crippen LogP contribution in [0.1, 0.15) is 61.7 Å². The standard InChI is InChI=1S/C36H39N3O11/c1-9-49-33-23(16-20(39(44)45)17-28(33)48-8)34-37(5)35(43)19(2)38(34)29(40)18-22-27(47-7)14-12-25-32(22)50-31-21(10-15-30(41)42)26(46-6)13-11-24(31)36(25,3)4/h10-17,19,34H,9,18H2,1-8H3,(H,41,42)/b15-10+/t19-,34+/m0/s1. The summed E-state index contributed by atoms with van der Waals surface area (Å²) in [5.41, 5.74) is 1.52.